The number of fused-ring (bicyclic) bond motifs is 1. The Hall–Kier alpha value is -4.27. The molecule has 0 spiro atoms. The number of aliphatic carboxylic acids is 1. The van der Waals surface area contributed by atoms with Gasteiger partial charge in [0.2, 0.25) is 17.7 Å². The molecule has 3 rings (SSSR count). The van der Waals surface area contributed by atoms with Crippen LogP contribution >= 0.6 is 0 Å². The maximum atomic E-state index is 13.5. The molecular weight excluding hydrogens is 532 g/mol. The van der Waals surface area contributed by atoms with Gasteiger partial charge in [-0.15, -0.1) is 0 Å². The maximum absolute atomic E-state index is 13.5. The number of imidazole rings is 1. The molecule has 5 atom stereocenters. The molecule has 2 aromatic heterocycles. The zero-order valence-corrected chi connectivity index (χ0v) is 22.8. The largest absolute Gasteiger partial charge is 0.480 e. The van der Waals surface area contributed by atoms with Crippen LogP contribution < -0.4 is 27.4 Å². The first-order chi connectivity index (χ1) is 19.6. The van der Waals surface area contributed by atoms with Crippen LogP contribution in [0.4, 0.5) is 0 Å². The van der Waals surface area contributed by atoms with Crippen LogP contribution in [0, 0.1) is 0 Å². The summed E-state index contributed by atoms with van der Waals surface area (Å²) in [7, 11) is 0. The minimum Gasteiger partial charge on any atom is -0.480 e. The molecule has 14 heteroatoms. The first kappa shape index (κ1) is 31.3. The van der Waals surface area contributed by atoms with Crippen molar-refractivity contribution >= 4 is 34.6 Å². The molecule has 0 radical (unpaired) electrons. The average Bonchev–Trinajstić information content (AvgIpc) is 3.60. The molecule has 41 heavy (non-hydrogen) atoms. The van der Waals surface area contributed by atoms with E-state index in [9.17, 15) is 29.4 Å². The van der Waals surface area contributed by atoms with Crippen molar-refractivity contribution in [2.24, 2.45) is 11.5 Å². The number of aromatic amines is 2. The fourth-order valence-electron chi connectivity index (χ4n) is 4.41. The van der Waals surface area contributed by atoms with Gasteiger partial charge in [-0.25, -0.2) is 9.78 Å². The van der Waals surface area contributed by atoms with Crippen LogP contribution in [0.15, 0.2) is 43.0 Å². The number of para-hydroxylation sites is 1. The molecule has 3 amide bonds. The number of nitrogens with two attached hydrogens (primary N) is 2. The zero-order valence-electron chi connectivity index (χ0n) is 22.8. The van der Waals surface area contributed by atoms with E-state index in [0.29, 0.717) is 30.6 Å². The lowest BCUT2D eigenvalue weighted by atomic mass is 10.0. The van der Waals surface area contributed by atoms with Gasteiger partial charge in [-0.2, -0.15) is 0 Å². The Kier molecular flexibility index (Phi) is 11.4. The topological polar surface area (TPSA) is 241 Å². The van der Waals surface area contributed by atoms with E-state index in [2.05, 4.69) is 30.9 Å². The molecular formula is C27H38N8O6. The Bertz CT molecular complexity index is 1310. The summed E-state index contributed by atoms with van der Waals surface area (Å²) < 4.78 is 0. The molecule has 11 N–H and O–H groups in total. The van der Waals surface area contributed by atoms with Gasteiger partial charge in [0.15, 0.2) is 6.04 Å². The van der Waals surface area contributed by atoms with Gasteiger partial charge in [-0.05, 0) is 44.4 Å². The smallest absolute Gasteiger partial charge is 0.328 e. The molecule has 5 unspecified atom stereocenters. The summed E-state index contributed by atoms with van der Waals surface area (Å²) in [5, 5.41) is 27.8. The number of carboxylic acid groups (broad SMARTS) is 1. The SMILES string of the molecule is CC(O)C(NC(=O)C(Cc1c[nH]c2ccccc12)NC(=O)C(CCCCN)NC(=O)C(N)Cc1cnc[nH]1)C(=O)O. The Morgan fingerprint density at radius 1 is 0.976 bits per heavy atom. The number of aliphatic hydroxyl groups is 1. The summed E-state index contributed by atoms with van der Waals surface area (Å²) in [4.78, 5) is 61.2. The average molecular weight is 571 g/mol. The number of amides is 3. The summed E-state index contributed by atoms with van der Waals surface area (Å²) in [6, 6.07) is 2.57. The van der Waals surface area contributed by atoms with Gasteiger partial charge in [0.1, 0.15) is 12.1 Å². The number of carbonyl (C=O) groups excluding carboxylic acids is 3. The summed E-state index contributed by atoms with van der Waals surface area (Å²) in [5.74, 6) is -3.44. The van der Waals surface area contributed by atoms with Crippen LogP contribution in [0.2, 0.25) is 0 Å². The van der Waals surface area contributed by atoms with E-state index in [1.807, 2.05) is 24.3 Å². The minimum absolute atomic E-state index is 0.0105. The lowest BCUT2D eigenvalue weighted by Gasteiger charge is -2.26. The van der Waals surface area contributed by atoms with E-state index in [0.717, 1.165) is 10.9 Å². The summed E-state index contributed by atoms with van der Waals surface area (Å²) in [6.07, 6.45) is 4.87. The van der Waals surface area contributed by atoms with Gasteiger partial charge in [0, 0.05) is 41.8 Å². The second-order valence-corrected chi connectivity index (χ2v) is 9.92. The van der Waals surface area contributed by atoms with Crippen LogP contribution in [0.25, 0.3) is 10.9 Å². The van der Waals surface area contributed by atoms with Crippen molar-refractivity contribution in [1.29, 1.82) is 0 Å². The van der Waals surface area contributed by atoms with Gasteiger partial charge in [-0.1, -0.05) is 18.2 Å². The van der Waals surface area contributed by atoms with E-state index in [1.165, 1.54) is 13.3 Å². The first-order valence-electron chi connectivity index (χ1n) is 13.4. The van der Waals surface area contributed by atoms with Crippen molar-refractivity contribution in [1.82, 2.24) is 30.9 Å². The molecule has 222 valence electrons. The standard InChI is InChI=1S/C27H38N8O6/c1-15(36)23(27(40)41)35-26(39)22(10-16-12-31-20-7-3-2-6-18(16)20)34-25(38)21(8-4-5-9-28)33-24(37)19(29)11-17-13-30-14-32-17/h2-3,6-7,12-15,19,21-23,31,36H,4-5,8-11,28-29H2,1H3,(H,30,32)(H,33,37)(H,34,38)(H,35,39)(H,40,41). The lowest BCUT2D eigenvalue weighted by molar-refractivity contribution is -0.145. The predicted molar refractivity (Wildman–Crippen MR) is 150 cm³/mol. The van der Waals surface area contributed by atoms with E-state index < -0.39 is 54.0 Å². The molecule has 14 nitrogen and oxygen atoms in total. The number of hydrogen-bond donors (Lipinski definition) is 9. The maximum Gasteiger partial charge on any atom is 0.328 e. The Labute approximate surface area is 236 Å². The first-order valence-corrected chi connectivity index (χ1v) is 13.4. The van der Waals surface area contributed by atoms with Crippen LogP contribution in [0.3, 0.4) is 0 Å². The van der Waals surface area contributed by atoms with Gasteiger partial charge in [0.25, 0.3) is 0 Å². The van der Waals surface area contributed by atoms with Gasteiger partial charge < -0.3 is 47.6 Å². The van der Waals surface area contributed by atoms with E-state index in [1.54, 1.807) is 12.4 Å². The highest BCUT2D eigenvalue weighted by molar-refractivity contribution is 5.95. The number of carbonyl (C=O) groups is 4. The number of H-pyrrole nitrogens is 2. The second-order valence-electron chi connectivity index (χ2n) is 9.92. The number of rotatable bonds is 16. The number of aromatic nitrogens is 3. The summed E-state index contributed by atoms with van der Waals surface area (Å²) >= 11 is 0. The van der Waals surface area contributed by atoms with Crippen molar-refractivity contribution in [2.75, 3.05) is 6.54 Å². The normalized spacial score (nSPS) is 14.9. The van der Waals surface area contributed by atoms with Crippen LogP contribution in [-0.2, 0) is 32.0 Å². The van der Waals surface area contributed by atoms with Crippen LogP contribution in [0.5, 0.6) is 0 Å². The molecule has 0 aliphatic heterocycles. The third-order valence-electron chi connectivity index (χ3n) is 6.69. The Morgan fingerprint density at radius 3 is 2.34 bits per heavy atom. The summed E-state index contributed by atoms with van der Waals surface area (Å²) in [6.45, 7) is 1.63. The van der Waals surface area contributed by atoms with Gasteiger partial charge in [0.05, 0.1) is 18.5 Å². The van der Waals surface area contributed by atoms with Crippen molar-refractivity contribution in [3.8, 4) is 0 Å². The van der Waals surface area contributed by atoms with E-state index in [4.69, 9.17) is 11.5 Å². The molecule has 0 bridgehead atoms. The highest BCUT2D eigenvalue weighted by Gasteiger charge is 2.32. The fraction of sp³-hybridized carbons (Fsp3) is 0.444. The Balaban J connectivity index is 1.81. The number of nitrogens with zero attached hydrogens (tertiary/aromatic N) is 1. The molecule has 0 fully saturated rings. The predicted octanol–water partition coefficient (Wildman–Crippen LogP) is -0.948. The monoisotopic (exact) mass is 570 g/mol. The van der Waals surface area contributed by atoms with Crippen molar-refractivity contribution in [3.63, 3.8) is 0 Å². The number of unbranched alkanes of at least 4 members (excludes halogenated alkanes) is 1. The molecule has 0 saturated carbocycles. The minimum atomic E-state index is -1.59. The molecule has 0 saturated heterocycles. The molecule has 3 aromatic rings. The van der Waals surface area contributed by atoms with Crippen LogP contribution in [0.1, 0.15) is 37.4 Å². The highest BCUT2D eigenvalue weighted by Crippen LogP contribution is 2.19. The number of nitrogens with one attached hydrogen (secondary N) is 5. The second kappa shape index (κ2) is 14.9. The van der Waals surface area contributed by atoms with E-state index >= 15 is 0 Å². The highest BCUT2D eigenvalue weighted by atomic mass is 16.4. The number of aliphatic hydroxyl groups excluding tert-OH is 1. The molecule has 1 aromatic carbocycles. The Morgan fingerprint density at radius 2 is 1.68 bits per heavy atom. The number of carboxylic acids is 1. The quantitative estimate of drug-likeness (QED) is 0.0963. The molecule has 0 aliphatic rings. The van der Waals surface area contributed by atoms with Crippen molar-refractivity contribution in [2.45, 2.75) is 69.3 Å². The van der Waals surface area contributed by atoms with Crippen molar-refractivity contribution in [3.05, 3.63) is 54.2 Å². The molecule has 2 heterocycles. The van der Waals surface area contributed by atoms with Gasteiger partial charge >= 0.3 is 5.97 Å². The zero-order chi connectivity index (χ0) is 29.9. The third-order valence-corrected chi connectivity index (χ3v) is 6.69. The fourth-order valence-corrected chi connectivity index (χ4v) is 4.41. The lowest BCUT2D eigenvalue weighted by Crippen LogP contribution is -2.58. The third kappa shape index (κ3) is 8.86. The number of hydrogen-bond acceptors (Lipinski definition) is 8. The van der Waals surface area contributed by atoms with Crippen molar-refractivity contribution < 1.29 is 29.4 Å². The number of benzene rings is 1. The van der Waals surface area contributed by atoms with E-state index in [-0.39, 0.29) is 19.3 Å². The summed E-state index contributed by atoms with van der Waals surface area (Å²) in [5.41, 5.74) is 13.8. The molecule has 0 aliphatic carbocycles. The van der Waals surface area contributed by atoms with Gasteiger partial charge in [-0.3, -0.25) is 14.4 Å². The van der Waals surface area contributed by atoms with Crippen LogP contribution in [-0.4, -0.2) is 85.7 Å².